The van der Waals surface area contributed by atoms with Gasteiger partial charge in [0.25, 0.3) is 0 Å². The van der Waals surface area contributed by atoms with E-state index < -0.39 is 0 Å². The van der Waals surface area contributed by atoms with Crippen molar-refractivity contribution in [3.63, 3.8) is 0 Å². The molecule has 1 aromatic carbocycles. The third kappa shape index (κ3) is 5.22. The van der Waals surface area contributed by atoms with Gasteiger partial charge in [0, 0.05) is 22.1 Å². The number of benzene rings is 1. The van der Waals surface area contributed by atoms with Gasteiger partial charge in [0.15, 0.2) is 0 Å². The number of rotatable bonds is 1. The van der Waals surface area contributed by atoms with E-state index in [4.69, 9.17) is 0 Å². The smallest absolute Gasteiger partial charge is 0.132 e. The van der Waals surface area contributed by atoms with Crippen molar-refractivity contribution in [2.24, 2.45) is 0 Å². The molecule has 5 heteroatoms. The lowest BCUT2D eigenvalue weighted by molar-refractivity contribution is 0.486. The fourth-order valence-corrected chi connectivity index (χ4v) is 3.82. The molecule has 0 fully saturated rings. The van der Waals surface area contributed by atoms with Crippen LogP contribution in [0.4, 0.5) is 5.69 Å². The second kappa shape index (κ2) is 8.96. The summed E-state index contributed by atoms with van der Waals surface area (Å²) >= 11 is 0. The highest BCUT2D eigenvalue weighted by atomic mass is 15.3. The molecule has 0 radical (unpaired) electrons. The van der Waals surface area contributed by atoms with Gasteiger partial charge in [-0.25, -0.2) is 9.97 Å². The number of para-hydroxylation sites is 1. The van der Waals surface area contributed by atoms with Crippen molar-refractivity contribution in [2.75, 3.05) is 21.1 Å². The van der Waals surface area contributed by atoms with Gasteiger partial charge in [0.1, 0.15) is 5.69 Å². The summed E-state index contributed by atoms with van der Waals surface area (Å²) in [5.74, 6) is 0. The molecule has 0 atom stereocenters. The standard InChI is InChI=1S/C20H14N4.C9H14N/c1-2-14-10-16-5-6-18(23-16)12-20-8-7-19(24-20)11-17-4-3-15(22-17)9-13(1)21-14;1-10(2,3)9-7-5-4-6-8-9/h1-12,21,24H;4-8H,1-3H3/q;+1. The van der Waals surface area contributed by atoms with Crippen molar-refractivity contribution < 1.29 is 0 Å². The van der Waals surface area contributed by atoms with Crippen molar-refractivity contribution in [3.8, 4) is 0 Å². The summed E-state index contributed by atoms with van der Waals surface area (Å²) < 4.78 is 0.890. The highest BCUT2D eigenvalue weighted by molar-refractivity contribution is 5.77. The van der Waals surface area contributed by atoms with E-state index in [-0.39, 0.29) is 0 Å². The van der Waals surface area contributed by atoms with Crippen LogP contribution in [0.15, 0.2) is 78.9 Å². The van der Waals surface area contributed by atoms with Gasteiger partial charge in [-0.15, -0.1) is 0 Å². The lowest BCUT2D eigenvalue weighted by Crippen LogP contribution is -2.34. The van der Waals surface area contributed by atoms with E-state index >= 15 is 0 Å². The number of hydrogen-bond acceptors (Lipinski definition) is 2. The lowest BCUT2D eigenvalue weighted by Gasteiger charge is -2.22. The maximum absolute atomic E-state index is 4.63. The van der Waals surface area contributed by atoms with Crippen LogP contribution in [0.1, 0.15) is 22.8 Å². The molecule has 2 aliphatic heterocycles. The van der Waals surface area contributed by atoms with Crippen LogP contribution in [-0.2, 0) is 0 Å². The molecule has 6 rings (SSSR count). The van der Waals surface area contributed by atoms with Gasteiger partial charge < -0.3 is 9.97 Å². The topological polar surface area (TPSA) is 57.4 Å². The Morgan fingerprint density at radius 2 is 0.853 bits per heavy atom. The Hall–Kier alpha value is -4.22. The molecule has 0 spiro atoms. The molecule has 0 unspecified atom stereocenters. The first-order valence-corrected chi connectivity index (χ1v) is 11.3. The minimum absolute atomic E-state index is 0.890. The van der Waals surface area contributed by atoms with Gasteiger partial charge in [-0.1, -0.05) is 18.2 Å². The van der Waals surface area contributed by atoms with E-state index in [0.29, 0.717) is 0 Å². The Balaban J connectivity index is 0.000000204. The molecular formula is C29H28N5+. The number of fused-ring (bicyclic) bond motifs is 8. The fourth-order valence-electron chi connectivity index (χ4n) is 3.82. The number of aromatic nitrogens is 4. The molecule has 4 aromatic rings. The summed E-state index contributed by atoms with van der Waals surface area (Å²) in [6.07, 6.45) is 8.09. The first-order valence-electron chi connectivity index (χ1n) is 11.3. The van der Waals surface area contributed by atoms with Gasteiger partial charge in [-0.05, 0) is 85.0 Å². The van der Waals surface area contributed by atoms with Crippen molar-refractivity contribution in [1.29, 1.82) is 0 Å². The maximum Gasteiger partial charge on any atom is 0.132 e. The predicted molar refractivity (Wildman–Crippen MR) is 145 cm³/mol. The zero-order valence-electron chi connectivity index (χ0n) is 19.7. The first-order chi connectivity index (χ1) is 16.4. The van der Waals surface area contributed by atoms with E-state index in [1.54, 1.807) is 0 Å². The van der Waals surface area contributed by atoms with Crippen molar-refractivity contribution >= 4 is 52.1 Å². The van der Waals surface area contributed by atoms with Gasteiger partial charge in [-0.2, -0.15) is 0 Å². The maximum atomic E-state index is 4.63. The SMILES string of the molecule is C1=Cc2cc3ccc(cc4nc(cc5ccc(cc1n2)[nH]5)C=C4)[nH]3.C[N+](C)(C)c1ccccc1. The van der Waals surface area contributed by atoms with E-state index in [1.165, 1.54) is 5.69 Å². The van der Waals surface area contributed by atoms with Gasteiger partial charge in [0.05, 0.1) is 43.9 Å². The summed E-state index contributed by atoms with van der Waals surface area (Å²) in [4.78, 5) is 16.0. The number of nitrogens with zero attached hydrogens (tertiary/aromatic N) is 3. The number of quaternary nitrogens is 1. The van der Waals surface area contributed by atoms with E-state index in [9.17, 15) is 0 Å². The molecule has 34 heavy (non-hydrogen) atoms. The Labute approximate surface area is 199 Å². The monoisotopic (exact) mass is 446 g/mol. The molecule has 3 aromatic heterocycles. The summed E-state index contributed by atoms with van der Waals surface area (Å²) in [5, 5.41) is 0. The van der Waals surface area contributed by atoms with Crippen LogP contribution in [0.25, 0.3) is 46.4 Å². The molecule has 5 nitrogen and oxygen atoms in total. The molecule has 5 heterocycles. The van der Waals surface area contributed by atoms with Crippen molar-refractivity contribution in [3.05, 3.63) is 102 Å². The molecule has 168 valence electrons. The number of hydrogen-bond donors (Lipinski definition) is 2. The number of aromatic amines is 2. The number of H-pyrrole nitrogens is 2. The van der Waals surface area contributed by atoms with Gasteiger partial charge in [-0.3, -0.25) is 4.48 Å². The van der Waals surface area contributed by atoms with Crippen LogP contribution in [-0.4, -0.2) is 41.1 Å². The summed E-state index contributed by atoms with van der Waals surface area (Å²) in [6, 6.07) is 26.8. The summed E-state index contributed by atoms with van der Waals surface area (Å²) in [6.45, 7) is 0. The third-order valence-corrected chi connectivity index (χ3v) is 5.57. The van der Waals surface area contributed by atoms with Crippen LogP contribution in [0.3, 0.4) is 0 Å². The second-order valence-electron chi connectivity index (χ2n) is 9.25. The van der Waals surface area contributed by atoms with E-state index in [0.717, 1.165) is 49.3 Å². The van der Waals surface area contributed by atoms with Crippen LogP contribution in [0, 0.1) is 0 Å². The third-order valence-electron chi connectivity index (χ3n) is 5.57. The van der Waals surface area contributed by atoms with Crippen molar-refractivity contribution in [1.82, 2.24) is 24.4 Å². The predicted octanol–water partition coefficient (Wildman–Crippen LogP) is 6.54. The molecule has 2 aliphatic rings. The zero-order chi connectivity index (χ0) is 23.5. The van der Waals surface area contributed by atoms with Crippen LogP contribution in [0.2, 0.25) is 0 Å². The molecule has 0 saturated carbocycles. The molecule has 0 aliphatic carbocycles. The van der Waals surface area contributed by atoms with E-state index in [1.807, 2.05) is 54.6 Å². The van der Waals surface area contributed by atoms with E-state index in [2.05, 4.69) is 89.6 Å². The van der Waals surface area contributed by atoms with Crippen LogP contribution in [0.5, 0.6) is 0 Å². The first kappa shape index (κ1) is 21.6. The largest absolute Gasteiger partial charge is 0.355 e. The summed E-state index contributed by atoms with van der Waals surface area (Å²) in [5.41, 5.74) is 9.20. The number of nitrogens with one attached hydrogen (secondary N) is 2. The summed E-state index contributed by atoms with van der Waals surface area (Å²) in [7, 11) is 6.49. The second-order valence-corrected chi connectivity index (χ2v) is 9.25. The average Bonchev–Trinajstić information content (AvgIpc) is 3.60. The minimum Gasteiger partial charge on any atom is -0.355 e. The molecule has 0 saturated heterocycles. The van der Waals surface area contributed by atoms with Crippen molar-refractivity contribution in [2.45, 2.75) is 0 Å². The molecule has 8 bridgehead atoms. The molecular weight excluding hydrogens is 418 g/mol. The lowest BCUT2D eigenvalue weighted by atomic mass is 10.3. The van der Waals surface area contributed by atoms with Crippen LogP contribution < -0.4 is 4.48 Å². The fraction of sp³-hybridized carbons (Fsp3) is 0.103. The highest BCUT2D eigenvalue weighted by Gasteiger charge is 2.09. The Morgan fingerprint density at radius 1 is 0.500 bits per heavy atom. The normalized spacial score (nSPS) is 12.3. The average molecular weight is 447 g/mol. The highest BCUT2D eigenvalue weighted by Crippen LogP contribution is 2.17. The molecule has 0 amide bonds. The molecule has 2 N–H and O–H groups in total. The van der Waals surface area contributed by atoms with Gasteiger partial charge in [0.2, 0.25) is 0 Å². The van der Waals surface area contributed by atoms with Gasteiger partial charge >= 0.3 is 0 Å². The Bertz CT molecular complexity index is 1350. The Kier molecular flexibility index (Phi) is 5.70. The minimum atomic E-state index is 0.890. The quantitative estimate of drug-likeness (QED) is 0.282. The van der Waals surface area contributed by atoms with Crippen LogP contribution >= 0.6 is 0 Å². The Morgan fingerprint density at radius 3 is 1.15 bits per heavy atom. The zero-order valence-corrected chi connectivity index (χ0v) is 19.7.